The third kappa shape index (κ3) is 6.61. The summed E-state index contributed by atoms with van der Waals surface area (Å²) in [5, 5.41) is 23.1. The molecule has 0 saturated carbocycles. The molecule has 0 aliphatic rings. The molecule has 4 rings (SSSR count). The van der Waals surface area contributed by atoms with E-state index in [0.29, 0.717) is 28.8 Å². The maximum Gasteiger partial charge on any atom is 0.305 e. The minimum Gasteiger partial charge on any atom is -0.481 e. The van der Waals surface area contributed by atoms with E-state index in [2.05, 4.69) is 34.7 Å². The van der Waals surface area contributed by atoms with Crippen LogP contribution in [0.5, 0.6) is 0 Å². The van der Waals surface area contributed by atoms with E-state index in [1.54, 1.807) is 24.3 Å². The van der Waals surface area contributed by atoms with Gasteiger partial charge in [-0.05, 0) is 72.1 Å². The van der Waals surface area contributed by atoms with Gasteiger partial charge in [0.1, 0.15) is 5.82 Å². The SMILES string of the molecule is CCC(C)C(Nc1ccc(C(=O)NCCC(=O)O)cc1)c1ccc(-c2nnc(-c3ccc(F)cc3)o2)cc1. The number of benzene rings is 3. The highest BCUT2D eigenvalue weighted by Crippen LogP contribution is 2.31. The third-order valence-electron chi connectivity index (χ3n) is 6.34. The van der Waals surface area contributed by atoms with Crippen LogP contribution in [-0.4, -0.2) is 33.7 Å². The molecule has 0 spiro atoms. The van der Waals surface area contributed by atoms with Gasteiger partial charge in [0.2, 0.25) is 11.8 Å². The Morgan fingerprint density at radius 3 is 2.05 bits per heavy atom. The van der Waals surface area contributed by atoms with Crippen LogP contribution in [0.4, 0.5) is 10.1 Å². The molecule has 1 aromatic heterocycles. The fraction of sp³-hybridized carbons (Fsp3) is 0.241. The van der Waals surface area contributed by atoms with Crippen molar-refractivity contribution in [2.75, 3.05) is 11.9 Å². The monoisotopic (exact) mass is 516 g/mol. The fourth-order valence-corrected chi connectivity index (χ4v) is 3.95. The maximum atomic E-state index is 13.2. The first-order chi connectivity index (χ1) is 18.3. The Balaban J connectivity index is 1.45. The van der Waals surface area contributed by atoms with Crippen LogP contribution in [0.2, 0.25) is 0 Å². The summed E-state index contributed by atoms with van der Waals surface area (Å²) in [6.45, 7) is 4.38. The van der Waals surface area contributed by atoms with Gasteiger partial charge in [-0.1, -0.05) is 32.4 Å². The Morgan fingerprint density at radius 1 is 0.921 bits per heavy atom. The quantitative estimate of drug-likeness (QED) is 0.226. The smallest absolute Gasteiger partial charge is 0.305 e. The number of halogens is 1. The van der Waals surface area contributed by atoms with Crippen molar-refractivity contribution < 1.29 is 23.5 Å². The summed E-state index contributed by atoms with van der Waals surface area (Å²) in [5.41, 5.74) is 3.83. The summed E-state index contributed by atoms with van der Waals surface area (Å²) in [6.07, 6.45) is 0.830. The Kier molecular flexibility index (Phi) is 8.47. The van der Waals surface area contributed by atoms with Gasteiger partial charge in [0.25, 0.3) is 5.91 Å². The number of carboxylic acids is 1. The van der Waals surface area contributed by atoms with Crippen LogP contribution in [0.3, 0.4) is 0 Å². The van der Waals surface area contributed by atoms with E-state index in [4.69, 9.17) is 9.52 Å². The molecule has 4 aromatic rings. The molecule has 2 unspecified atom stereocenters. The molecule has 8 nitrogen and oxygen atoms in total. The molecule has 0 aliphatic heterocycles. The van der Waals surface area contributed by atoms with Gasteiger partial charge < -0.3 is 20.2 Å². The first kappa shape index (κ1) is 26.5. The number of aliphatic carboxylic acids is 1. The number of aromatic nitrogens is 2. The van der Waals surface area contributed by atoms with Gasteiger partial charge in [-0.3, -0.25) is 9.59 Å². The molecular weight excluding hydrogens is 487 g/mol. The maximum absolute atomic E-state index is 13.2. The lowest BCUT2D eigenvalue weighted by Crippen LogP contribution is -2.26. The zero-order valence-corrected chi connectivity index (χ0v) is 21.1. The predicted molar refractivity (Wildman–Crippen MR) is 142 cm³/mol. The van der Waals surface area contributed by atoms with Crippen molar-refractivity contribution in [3.8, 4) is 22.9 Å². The average molecular weight is 517 g/mol. The lowest BCUT2D eigenvalue weighted by molar-refractivity contribution is -0.136. The van der Waals surface area contributed by atoms with E-state index in [1.165, 1.54) is 12.1 Å². The second kappa shape index (κ2) is 12.1. The van der Waals surface area contributed by atoms with Crippen molar-refractivity contribution >= 4 is 17.6 Å². The number of amides is 1. The van der Waals surface area contributed by atoms with Crippen molar-refractivity contribution in [2.45, 2.75) is 32.7 Å². The van der Waals surface area contributed by atoms with Crippen molar-refractivity contribution in [1.82, 2.24) is 15.5 Å². The Labute approximate surface area is 219 Å². The highest BCUT2D eigenvalue weighted by Gasteiger charge is 2.19. The van der Waals surface area contributed by atoms with Crippen molar-refractivity contribution in [2.24, 2.45) is 5.92 Å². The molecule has 196 valence electrons. The van der Waals surface area contributed by atoms with E-state index < -0.39 is 5.97 Å². The second-order valence-corrected chi connectivity index (χ2v) is 9.03. The highest BCUT2D eigenvalue weighted by molar-refractivity contribution is 5.94. The first-order valence-electron chi connectivity index (χ1n) is 12.4. The van der Waals surface area contributed by atoms with Crippen LogP contribution in [0.25, 0.3) is 22.9 Å². The number of anilines is 1. The van der Waals surface area contributed by atoms with Crippen molar-refractivity contribution in [1.29, 1.82) is 0 Å². The standard InChI is InChI=1S/C29H29FN4O4/c1-3-18(2)26(32-24-14-10-20(11-15-24)27(37)31-17-16-25(35)36)19-4-6-21(7-5-19)28-33-34-29(38-28)22-8-12-23(30)13-9-22/h4-15,18,26,32H,3,16-17H2,1-2H3,(H,31,37)(H,35,36). The molecule has 9 heteroatoms. The Hall–Kier alpha value is -4.53. The van der Waals surface area contributed by atoms with E-state index in [-0.39, 0.29) is 30.7 Å². The number of nitrogens with zero attached hydrogens (tertiary/aromatic N) is 2. The minimum absolute atomic E-state index is 0.0155. The van der Waals surface area contributed by atoms with Crippen LogP contribution in [0.1, 0.15) is 48.7 Å². The zero-order valence-electron chi connectivity index (χ0n) is 21.1. The molecule has 3 N–H and O–H groups in total. The lowest BCUT2D eigenvalue weighted by atomic mass is 9.91. The van der Waals surface area contributed by atoms with Crippen molar-refractivity contribution in [3.63, 3.8) is 0 Å². The highest BCUT2D eigenvalue weighted by atomic mass is 19.1. The number of carbonyl (C=O) groups excluding carboxylic acids is 1. The molecule has 2 atom stereocenters. The molecule has 0 radical (unpaired) electrons. The molecule has 0 aliphatic carbocycles. The van der Waals surface area contributed by atoms with Gasteiger partial charge in [0.05, 0.1) is 12.5 Å². The molecule has 1 amide bonds. The predicted octanol–water partition coefficient (Wildman–Crippen LogP) is 5.95. The Morgan fingerprint density at radius 2 is 1.50 bits per heavy atom. The minimum atomic E-state index is -0.958. The largest absolute Gasteiger partial charge is 0.481 e. The van der Waals surface area contributed by atoms with E-state index >= 15 is 0 Å². The van der Waals surface area contributed by atoms with E-state index in [0.717, 1.165) is 23.2 Å². The van der Waals surface area contributed by atoms with Gasteiger partial charge in [0, 0.05) is 28.9 Å². The topological polar surface area (TPSA) is 117 Å². The molecular formula is C29H29FN4O4. The summed E-state index contributed by atoms with van der Waals surface area (Å²) in [6, 6.07) is 20.9. The van der Waals surface area contributed by atoms with E-state index in [9.17, 15) is 14.0 Å². The normalized spacial score (nSPS) is 12.5. The Bertz CT molecular complexity index is 1370. The van der Waals surface area contributed by atoms with Gasteiger partial charge in [-0.15, -0.1) is 10.2 Å². The van der Waals surface area contributed by atoms with Crippen LogP contribution in [0, 0.1) is 11.7 Å². The number of nitrogens with one attached hydrogen (secondary N) is 2. The lowest BCUT2D eigenvalue weighted by Gasteiger charge is -2.26. The van der Waals surface area contributed by atoms with Crippen LogP contribution < -0.4 is 10.6 Å². The summed E-state index contributed by atoms with van der Waals surface area (Å²) < 4.78 is 19.0. The van der Waals surface area contributed by atoms with Gasteiger partial charge in [0.15, 0.2) is 0 Å². The van der Waals surface area contributed by atoms with Gasteiger partial charge in [-0.2, -0.15) is 0 Å². The summed E-state index contributed by atoms with van der Waals surface area (Å²) in [5.74, 6) is -0.587. The molecule has 38 heavy (non-hydrogen) atoms. The average Bonchev–Trinajstić information content (AvgIpc) is 3.42. The molecule has 0 saturated heterocycles. The summed E-state index contributed by atoms with van der Waals surface area (Å²) >= 11 is 0. The third-order valence-corrected chi connectivity index (χ3v) is 6.34. The molecule has 0 bridgehead atoms. The van der Waals surface area contributed by atoms with Gasteiger partial charge >= 0.3 is 5.97 Å². The summed E-state index contributed by atoms with van der Waals surface area (Å²) in [4.78, 5) is 22.9. The van der Waals surface area contributed by atoms with Crippen molar-refractivity contribution in [3.05, 3.63) is 89.7 Å². The van der Waals surface area contributed by atoms with Gasteiger partial charge in [-0.25, -0.2) is 4.39 Å². The fourth-order valence-electron chi connectivity index (χ4n) is 3.95. The second-order valence-electron chi connectivity index (χ2n) is 9.03. The van der Waals surface area contributed by atoms with Crippen LogP contribution >= 0.6 is 0 Å². The first-order valence-corrected chi connectivity index (χ1v) is 12.4. The van der Waals surface area contributed by atoms with E-state index in [1.807, 2.05) is 36.4 Å². The summed E-state index contributed by atoms with van der Waals surface area (Å²) in [7, 11) is 0. The number of hydrogen-bond acceptors (Lipinski definition) is 6. The molecule has 3 aromatic carbocycles. The number of rotatable bonds is 11. The van der Waals surface area contributed by atoms with Crippen LogP contribution in [-0.2, 0) is 4.79 Å². The number of carbonyl (C=O) groups is 2. The number of hydrogen-bond donors (Lipinski definition) is 3. The number of carboxylic acid groups (broad SMARTS) is 1. The zero-order chi connectivity index (χ0) is 27.1. The van der Waals surface area contributed by atoms with Crippen LogP contribution in [0.15, 0.2) is 77.2 Å². The molecule has 0 fully saturated rings. The molecule has 1 heterocycles.